The SMILES string of the molecule is CC1(COC(=O)C2CC2)C2CC[C@@]3(C)Oc4cc(-c5cccnc5)oc(=O)c4[C@H](O)C3[C@@]2(C)CC[C@@H]1OC(=O)C1CC1. The van der Waals surface area contributed by atoms with Gasteiger partial charge >= 0.3 is 17.6 Å². The number of aliphatic hydroxyl groups is 1. The Kier molecular flexibility index (Phi) is 6.35. The summed E-state index contributed by atoms with van der Waals surface area (Å²) in [6, 6.07) is 5.25. The summed E-state index contributed by atoms with van der Waals surface area (Å²) in [7, 11) is 0. The molecule has 5 aliphatic rings. The van der Waals surface area contributed by atoms with Crippen molar-refractivity contribution in [1.29, 1.82) is 0 Å². The molecule has 9 nitrogen and oxygen atoms in total. The van der Waals surface area contributed by atoms with Crippen LogP contribution in [0, 0.1) is 34.5 Å². The van der Waals surface area contributed by atoms with Crippen LogP contribution in [-0.2, 0) is 19.1 Å². The van der Waals surface area contributed by atoms with Gasteiger partial charge in [-0.1, -0.05) is 13.8 Å². The Hall–Kier alpha value is -3.20. The summed E-state index contributed by atoms with van der Waals surface area (Å²) >= 11 is 0. The standard InChI is InChI=1S/C33H39NO8/c1-31-12-11-24(41-29(37)19-8-9-19)32(2,17-39-28(36)18-6-7-18)23(31)10-13-33(3)27(31)26(35)25-22(42-33)15-21(40-30(25)38)20-5-4-14-34-16-20/h4-5,14-16,18-19,23-24,26-27,35H,6-13,17H2,1-3H3/t23?,24-,26-,27?,31-,32?,33+/m0/s1. The third-order valence-electron chi connectivity index (χ3n) is 11.0. The topological polar surface area (TPSA) is 125 Å². The highest BCUT2D eigenvalue weighted by atomic mass is 16.6. The Morgan fingerprint density at radius 2 is 1.79 bits per heavy atom. The fourth-order valence-corrected chi connectivity index (χ4v) is 8.56. The average Bonchev–Trinajstić information content (AvgIpc) is 3.86. The molecule has 2 aromatic heterocycles. The molecule has 4 fully saturated rings. The van der Waals surface area contributed by atoms with E-state index in [2.05, 4.69) is 18.8 Å². The third kappa shape index (κ3) is 4.38. The zero-order valence-electron chi connectivity index (χ0n) is 24.5. The van der Waals surface area contributed by atoms with E-state index >= 15 is 0 Å². The van der Waals surface area contributed by atoms with Gasteiger partial charge in [0.1, 0.15) is 35.4 Å². The molecule has 0 spiro atoms. The maximum Gasteiger partial charge on any atom is 0.345 e. The molecule has 7 rings (SSSR count). The second-order valence-corrected chi connectivity index (χ2v) is 14.0. The Balaban J connectivity index is 1.24. The van der Waals surface area contributed by atoms with Crippen LogP contribution in [0.15, 0.2) is 39.8 Å². The van der Waals surface area contributed by atoms with E-state index in [1.807, 2.05) is 6.92 Å². The molecule has 9 heteroatoms. The van der Waals surface area contributed by atoms with Gasteiger partial charge < -0.3 is 23.7 Å². The molecule has 4 aliphatic carbocycles. The van der Waals surface area contributed by atoms with E-state index < -0.39 is 40.2 Å². The Morgan fingerprint density at radius 3 is 2.48 bits per heavy atom. The lowest BCUT2D eigenvalue weighted by Gasteiger charge is -2.65. The number of fused-ring (bicyclic) bond motifs is 4. The summed E-state index contributed by atoms with van der Waals surface area (Å²) in [5.74, 6) is -0.229. The van der Waals surface area contributed by atoms with Crippen molar-refractivity contribution in [2.24, 2.45) is 34.5 Å². The lowest BCUT2D eigenvalue weighted by Crippen LogP contribution is -2.66. The van der Waals surface area contributed by atoms with E-state index in [0.717, 1.165) is 32.1 Å². The molecular formula is C33H39NO8. The van der Waals surface area contributed by atoms with Gasteiger partial charge in [0, 0.05) is 35.4 Å². The van der Waals surface area contributed by atoms with Crippen LogP contribution in [-0.4, -0.2) is 40.3 Å². The van der Waals surface area contributed by atoms with E-state index in [-0.39, 0.29) is 41.9 Å². The summed E-state index contributed by atoms with van der Waals surface area (Å²) in [5, 5.41) is 12.0. The lowest BCUT2D eigenvalue weighted by atomic mass is 9.43. The van der Waals surface area contributed by atoms with Gasteiger partial charge in [-0.05, 0) is 81.8 Å². The number of aliphatic hydroxyl groups excluding tert-OH is 1. The fourth-order valence-electron chi connectivity index (χ4n) is 8.56. The Labute approximate surface area is 244 Å². The van der Waals surface area contributed by atoms with Gasteiger partial charge in [0.15, 0.2) is 0 Å². The number of carbonyl (C=O) groups is 2. The van der Waals surface area contributed by atoms with Crippen molar-refractivity contribution in [1.82, 2.24) is 4.98 Å². The number of esters is 2. The van der Waals surface area contributed by atoms with E-state index in [0.29, 0.717) is 36.3 Å². The second kappa shape index (κ2) is 9.66. The molecular weight excluding hydrogens is 538 g/mol. The van der Waals surface area contributed by atoms with Crippen LogP contribution in [0.4, 0.5) is 0 Å². The van der Waals surface area contributed by atoms with Gasteiger partial charge in [-0.15, -0.1) is 0 Å². The first-order chi connectivity index (χ1) is 20.0. The highest BCUT2D eigenvalue weighted by Crippen LogP contribution is 2.67. The highest BCUT2D eigenvalue weighted by molar-refractivity contribution is 5.75. The van der Waals surface area contributed by atoms with Crippen LogP contribution in [0.5, 0.6) is 5.75 Å². The lowest BCUT2D eigenvalue weighted by molar-refractivity contribution is -0.240. The number of aromatic nitrogens is 1. The second-order valence-electron chi connectivity index (χ2n) is 14.0. The van der Waals surface area contributed by atoms with E-state index in [9.17, 15) is 19.5 Å². The van der Waals surface area contributed by atoms with E-state index in [1.165, 1.54) is 0 Å². The summed E-state index contributed by atoms with van der Waals surface area (Å²) < 4.78 is 24.4. The zero-order valence-corrected chi connectivity index (χ0v) is 24.5. The van der Waals surface area contributed by atoms with Crippen molar-refractivity contribution >= 4 is 11.9 Å². The molecule has 0 saturated heterocycles. The quantitative estimate of drug-likeness (QED) is 0.473. The molecule has 0 aromatic carbocycles. The van der Waals surface area contributed by atoms with Gasteiger partial charge in [0.05, 0.1) is 17.9 Å². The highest BCUT2D eigenvalue weighted by Gasteiger charge is 2.67. The van der Waals surface area contributed by atoms with Gasteiger partial charge in [-0.3, -0.25) is 14.6 Å². The molecule has 1 N–H and O–H groups in total. The summed E-state index contributed by atoms with van der Waals surface area (Å²) in [6.45, 7) is 6.40. The smallest absolute Gasteiger partial charge is 0.345 e. The number of pyridine rings is 1. The first-order valence-electron chi connectivity index (χ1n) is 15.4. The maximum absolute atomic E-state index is 13.4. The first-order valence-corrected chi connectivity index (χ1v) is 15.4. The van der Waals surface area contributed by atoms with Crippen LogP contribution in [0.1, 0.15) is 83.8 Å². The van der Waals surface area contributed by atoms with Crippen LogP contribution in [0.3, 0.4) is 0 Å². The van der Waals surface area contributed by atoms with Crippen molar-refractivity contribution in [3.05, 3.63) is 46.6 Å². The molecule has 0 radical (unpaired) electrons. The molecule has 1 aliphatic heterocycles. The van der Waals surface area contributed by atoms with E-state index in [4.69, 9.17) is 18.6 Å². The molecule has 0 bridgehead atoms. The van der Waals surface area contributed by atoms with Crippen LogP contribution >= 0.6 is 0 Å². The fraction of sp³-hybridized carbons (Fsp3) is 0.636. The van der Waals surface area contributed by atoms with Crippen LogP contribution in [0.25, 0.3) is 11.3 Å². The largest absolute Gasteiger partial charge is 0.486 e. The predicted octanol–water partition coefficient (Wildman–Crippen LogP) is 4.99. The maximum atomic E-state index is 13.4. The number of ether oxygens (including phenoxy) is 3. The van der Waals surface area contributed by atoms with Crippen molar-refractivity contribution in [3.8, 4) is 17.1 Å². The molecule has 224 valence electrons. The molecule has 3 heterocycles. The monoisotopic (exact) mass is 577 g/mol. The number of nitrogens with zero attached hydrogens (tertiary/aromatic N) is 1. The molecule has 4 saturated carbocycles. The Morgan fingerprint density at radius 1 is 1.05 bits per heavy atom. The summed E-state index contributed by atoms with van der Waals surface area (Å²) in [5.41, 5.74) is -1.74. The average molecular weight is 578 g/mol. The predicted molar refractivity (Wildman–Crippen MR) is 150 cm³/mol. The normalized spacial score (nSPS) is 37.0. The number of hydrogen-bond acceptors (Lipinski definition) is 9. The third-order valence-corrected chi connectivity index (χ3v) is 11.0. The molecule has 2 aromatic rings. The summed E-state index contributed by atoms with van der Waals surface area (Å²) in [4.78, 5) is 43.0. The van der Waals surface area contributed by atoms with Gasteiger partial charge in [-0.2, -0.15) is 0 Å². The van der Waals surface area contributed by atoms with Crippen molar-refractivity contribution in [3.63, 3.8) is 0 Å². The van der Waals surface area contributed by atoms with Gasteiger partial charge in [0.2, 0.25) is 0 Å². The molecule has 0 amide bonds. The van der Waals surface area contributed by atoms with Crippen molar-refractivity contribution < 1.29 is 33.3 Å². The van der Waals surface area contributed by atoms with Gasteiger partial charge in [0.25, 0.3) is 0 Å². The minimum atomic E-state index is -1.12. The van der Waals surface area contributed by atoms with Gasteiger partial charge in [-0.25, -0.2) is 4.79 Å². The van der Waals surface area contributed by atoms with Crippen molar-refractivity contribution in [2.45, 2.75) is 89.9 Å². The number of hydrogen-bond donors (Lipinski definition) is 1. The minimum absolute atomic E-state index is 0.0351. The van der Waals surface area contributed by atoms with Crippen LogP contribution in [0.2, 0.25) is 0 Å². The van der Waals surface area contributed by atoms with Crippen LogP contribution < -0.4 is 10.4 Å². The molecule has 7 atom stereocenters. The summed E-state index contributed by atoms with van der Waals surface area (Å²) in [6.07, 6.45) is 7.75. The first kappa shape index (κ1) is 27.6. The minimum Gasteiger partial charge on any atom is -0.486 e. The van der Waals surface area contributed by atoms with Crippen molar-refractivity contribution in [2.75, 3.05) is 6.61 Å². The number of rotatable bonds is 6. The Bertz CT molecular complexity index is 1460. The number of carbonyl (C=O) groups excluding carboxylic acids is 2. The molecule has 3 unspecified atom stereocenters. The zero-order chi connectivity index (χ0) is 29.4. The van der Waals surface area contributed by atoms with E-state index in [1.54, 1.807) is 30.6 Å². The molecule has 42 heavy (non-hydrogen) atoms.